The lowest BCUT2D eigenvalue weighted by molar-refractivity contribution is 0.262. The average Bonchev–Trinajstić information content (AvgIpc) is 3.36. The maximum atomic E-state index is 14.2. The van der Waals surface area contributed by atoms with Crippen molar-refractivity contribution in [1.29, 1.82) is 0 Å². The first-order valence-corrected chi connectivity index (χ1v) is 12.7. The maximum absolute atomic E-state index is 14.2. The van der Waals surface area contributed by atoms with E-state index in [4.69, 9.17) is 16.3 Å². The summed E-state index contributed by atoms with van der Waals surface area (Å²) in [6.45, 7) is 7.20. The van der Waals surface area contributed by atoms with E-state index in [2.05, 4.69) is 41.3 Å². The molecule has 0 saturated carbocycles. The van der Waals surface area contributed by atoms with Crippen LogP contribution in [0.5, 0.6) is 5.75 Å². The van der Waals surface area contributed by atoms with Gasteiger partial charge in [-0.05, 0) is 49.0 Å². The first-order valence-electron chi connectivity index (χ1n) is 12.3. The molecule has 0 radical (unpaired) electrons. The fourth-order valence-corrected chi connectivity index (χ4v) is 5.52. The van der Waals surface area contributed by atoms with E-state index in [1.807, 2.05) is 19.9 Å². The maximum Gasteiger partial charge on any atom is 0.166 e. The number of hydrogen-bond acceptors (Lipinski definition) is 3. The summed E-state index contributed by atoms with van der Waals surface area (Å²) in [7, 11) is 0. The van der Waals surface area contributed by atoms with Crippen molar-refractivity contribution in [3.05, 3.63) is 88.3 Å². The zero-order valence-corrected chi connectivity index (χ0v) is 21.3. The van der Waals surface area contributed by atoms with Gasteiger partial charge in [0.2, 0.25) is 0 Å². The molecule has 0 fully saturated rings. The predicted octanol–water partition coefficient (Wildman–Crippen LogP) is 8.20. The number of nitrogens with zero attached hydrogens (tertiary/aromatic N) is 3. The molecule has 1 aliphatic heterocycles. The number of hydrogen-bond donors (Lipinski definition) is 0. The Balaban J connectivity index is 0.000000174. The van der Waals surface area contributed by atoms with E-state index in [0.29, 0.717) is 11.2 Å². The first-order chi connectivity index (χ1) is 17.4. The second kappa shape index (κ2) is 10.0. The molecule has 2 aliphatic rings. The zero-order valence-electron chi connectivity index (χ0n) is 20.6. The highest BCUT2D eigenvalue weighted by Crippen LogP contribution is 2.39. The van der Waals surface area contributed by atoms with Crippen LogP contribution >= 0.6 is 11.6 Å². The molecule has 0 saturated heterocycles. The topological polar surface area (TPSA) is 39.4 Å². The largest absolute Gasteiger partial charge is 0.493 e. The van der Waals surface area contributed by atoms with Gasteiger partial charge in [-0.15, -0.1) is 0 Å². The molecule has 2 aromatic carbocycles. The van der Waals surface area contributed by atoms with Crippen molar-refractivity contribution in [3.8, 4) is 16.9 Å². The van der Waals surface area contributed by atoms with E-state index in [1.54, 1.807) is 10.7 Å². The Kier molecular flexibility index (Phi) is 6.80. The van der Waals surface area contributed by atoms with Crippen LogP contribution in [0.25, 0.3) is 22.3 Å². The molecule has 4 nitrogen and oxygen atoms in total. The summed E-state index contributed by atoms with van der Waals surface area (Å²) in [6.07, 6.45) is 7.59. The van der Waals surface area contributed by atoms with Crippen LogP contribution in [0.3, 0.4) is 0 Å². The van der Waals surface area contributed by atoms with Gasteiger partial charge >= 0.3 is 0 Å². The van der Waals surface area contributed by atoms with Gasteiger partial charge in [-0.1, -0.05) is 68.3 Å². The average molecular weight is 508 g/mol. The summed E-state index contributed by atoms with van der Waals surface area (Å²) in [5, 5.41) is 4.42. The number of rotatable bonds is 3. The monoisotopic (exact) mass is 507 g/mol. The van der Waals surface area contributed by atoms with Gasteiger partial charge in [-0.2, -0.15) is 5.10 Å². The molecule has 186 valence electrons. The molecule has 2 unspecified atom stereocenters. The Hall–Kier alpha value is -3.25. The summed E-state index contributed by atoms with van der Waals surface area (Å²) in [5.41, 5.74) is 5.28. The van der Waals surface area contributed by atoms with E-state index in [-0.39, 0.29) is 16.6 Å². The number of para-hydroxylation sites is 1. The van der Waals surface area contributed by atoms with Crippen LogP contribution in [-0.4, -0.2) is 21.2 Å². The minimum atomic E-state index is -0.950. The summed E-state index contributed by atoms with van der Waals surface area (Å²) >= 11 is 6.23. The SMILES string of the molecule is CC1=CC(C)c2c1cnc1c(-c3cccc(F)c3F)c(Cl)nn21.CCCC1CCOc2ccccc21. The Bertz CT molecular complexity index is 1460. The smallest absolute Gasteiger partial charge is 0.166 e. The lowest BCUT2D eigenvalue weighted by Crippen LogP contribution is -2.13. The minimum absolute atomic E-state index is 0.0628. The molecule has 2 aromatic heterocycles. The van der Waals surface area contributed by atoms with Gasteiger partial charge in [0.15, 0.2) is 22.4 Å². The van der Waals surface area contributed by atoms with Crippen LogP contribution in [0.1, 0.15) is 68.7 Å². The lowest BCUT2D eigenvalue weighted by atomic mass is 9.89. The Morgan fingerprint density at radius 3 is 2.72 bits per heavy atom. The summed E-state index contributed by atoms with van der Waals surface area (Å²) < 4.78 is 35.0. The van der Waals surface area contributed by atoms with Crippen molar-refractivity contribution in [2.45, 2.75) is 51.9 Å². The van der Waals surface area contributed by atoms with Crippen molar-refractivity contribution in [2.24, 2.45) is 0 Å². The normalized spacial score (nSPS) is 18.1. The molecule has 4 aromatic rings. The van der Waals surface area contributed by atoms with Gasteiger partial charge in [-0.25, -0.2) is 18.3 Å². The van der Waals surface area contributed by atoms with Crippen LogP contribution < -0.4 is 4.74 Å². The van der Waals surface area contributed by atoms with Crippen LogP contribution in [0.4, 0.5) is 8.78 Å². The number of allylic oxidation sites excluding steroid dienone is 2. The Labute approximate surface area is 214 Å². The molecule has 7 heteroatoms. The van der Waals surface area contributed by atoms with Crippen molar-refractivity contribution >= 4 is 22.8 Å². The standard InChI is InChI=1S/C17H12ClF2N3.C12H16O/c1-8-6-9(2)15-11(8)7-21-17-13(16(18)22-23(15)17)10-4-3-5-12(19)14(10)20;1-2-5-10-8-9-13-12-7-4-3-6-11(10)12/h3-7,9H,1-2H3;3-4,6-7,10H,2,5,8-9H2,1H3. The van der Waals surface area contributed by atoms with Crippen LogP contribution in [0, 0.1) is 11.6 Å². The van der Waals surface area contributed by atoms with Gasteiger partial charge in [0.25, 0.3) is 0 Å². The van der Waals surface area contributed by atoms with Gasteiger partial charge in [-0.3, -0.25) is 0 Å². The highest BCUT2D eigenvalue weighted by atomic mass is 35.5. The molecule has 2 atom stereocenters. The van der Waals surface area contributed by atoms with Gasteiger partial charge in [0.05, 0.1) is 17.9 Å². The summed E-state index contributed by atoms with van der Waals surface area (Å²) in [4.78, 5) is 4.39. The van der Waals surface area contributed by atoms with Gasteiger partial charge in [0.1, 0.15) is 5.75 Å². The number of fused-ring (bicyclic) bond motifs is 4. The molecule has 0 amide bonds. The minimum Gasteiger partial charge on any atom is -0.493 e. The van der Waals surface area contributed by atoms with E-state index in [0.717, 1.165) is 41.2 Å². The second-order valence-corrected chi connectivity index (χ2v) is 9.72. The van der Waals surface area contributed by atoms with Gasteiger partial charge < -0.3 is 4.74 Å². The summed E-state index contributed by atoms with van der Waals surface area (Å²) in [5.74, 6) is 0.109. The number of benzene rings is 2. The number of ether oxygens (including phenoxy) is 1. The van der Waals surface area contributed by atoms with Crippen molar-refractivity contribution in [3.63, 3.8) is 0 Å². The van der Waals surface area contributed by atoms with Crippen molar-refractivity contribution in [1.82, 2.24) is 14.6 Å². The first kappa shape index (κ1) is 24.4. The Morgan fingerprint density at radius 2 is 1.92 bits per heavy atom. The number of aromatic nitrogens is 3. The van der Waals surface area contributed by atoms with E-state index in [9.17, 15) is 8.78 Å². The molecule has 1 aliphatic carbocycles. The van der Waals surface area contributed by atoms with E-state index < -0.39 is 11.6 Å². The summed E-state index contributed by atoms with van der Waals surface area (Å²) in [6, 6.07) is 12.4. The molecule has 6 rings (SSSR count). The van der Waals surface area contributed by atoms with Crippen LogP contribution in [-0.2, 0) is 0 Å². The Morgan fingerprint density at radius 1 is 1.11 bits per heavy atom. The fraction of sp³-hybridized carbons (Fsp3) is 0.310. The quantitative estimate of drug-likeness (QED) is 0.280. The molecule has 3 heterocycles. The molecular formula is C29H28ClF2N3O. The van der Waals surface area contributed by atoms with Gasteiger partial charge in [0, 0.05) is 23.2 Å². The molecule has 36 heavy (non-hydrogen) atoms. The highest BCUT2D eigenvalue weighted by molar-refractivity contribution is 6.33. The van der Waals surface area contributed by atoms with Crippen molar-refractivity contribution < 1.29 is 13.5 Å². The van der Waals surface area contributed by atoms with E-state index >= 15 is 0 Å². The second-order valence-electron chi connectivity index (χ2n) is 9.36. The lowest BCUT2D eigenvalue weighted by Gasteiger charge is -2.25. The highest BCUT2D eigenvalue weighted by Gasteiger charge is 2.26. The predicted molar refractivity (Wildman–Crippen MR) is 140 cm³/mol. The fourth-order valence-electron chi connectivity index (χ4n) is 5.25. The third-order valence-electron chi connectivity index (χ3n) is 6.94. The van der Waals surface area contributed by atoms with Crippen molar-refractivity contribution in [2.75, 3.05) is 6.61 Å². The molecule has 0 bridgehead atoms. The molecule has 0 N–H and O–H groups in total. The number of halogens is 3. The third-order valence-corrected chi connectivity index (χ3v) is 7.20. The van der Waals surface area contributed by atoms with Crippen LogP contribution in [0.2, 0.25) is 5.15 Å². The van der Waals surface area contributed by atoms with E-state index in [1.165, 1.54) is 37.0 Å². The zero-order chi connectivity index (χ0) is 25.4. The third kappa shape index (κ3) is 4.28. The molecular weight excluding hydrogens is 480 g/mol. The molecule has 0 spiro atoms. The van der Waals surface area contributed by atoms with Crippen LogP contribution in [0.15, 0.2) is 54.7 Å².